The van der Waals surface area contributed by atoms with Crippen LogP contribution in [0.1, 0.15) is 0 Å². The maximum absolute atomic E-state index is 11.0. The van der Waals surface area contributed by atoms with E-state index in [-0.39, 0.29) is 6.03 Å². The van der Waals surface area contributed by atoms with Crippen molar-refractivity contribution in [2.45, 2.75) is 4.90 Å². The molecule has 2 amide bonds. The Balaban J connectivity index is 2.71. The predicted molar refractivity (Wildman–Crippen MR) is 56.3 cm³/mol. The van der Waals surface area contributed by atoms with E-state index in [2.05, 4.69) is 10.6 Å². The van der Waals surface area contributed by atoms with Crippen LogP contribution in [0.25, 0.3) is 0 Å². The highest BCUT2D eigenvalue weighted by atomic mass is 32.2. The largest absolute Gasteiger partial charge is 0.341 e. The summed E-state index contributed by atoms with van der Waals surface area (Å²) in [4.78, 5) is 12.1. The molecule has 0 atom stereocenters. The normalized spacial score (nSPS) is 9.38. The Morgan fingerprint density at radius 1 is 1.46 bits per heavy atom. The van der Waals surface area contributed by atoms with Gasteiger partial charge in [-0.1, -0.05) is 6.07 Å². The topological polar surface area (TPSA) is 41.1 Å². The molecule has 1 rings (SSSR count). The first kappa shape index (κ1) is 9.92. The Morgan fingerprint density at radius 2 is 2.23 bits per heavy atom. The Morgan fingerprint density at radius 3 is 2.85 bits per heavy atom. The number of anilines is 1. The molecule has 0 heterocycles. The number of rotatable bonds is 2. The fourth-order valence-corrected chi connectivity index (χ4v) is 1.35. The lowest BCUT2D eigenvalue weighted by Gasteiger charge is -2.04. The third-order valence-corrected chi connectivity index (χ3v) is 2.28. The molecule has 0 aliphatic heterocycles. The molecule has 70 valence electrons. The maximum Gasteiger partial charge on any atom is 0.318 e. The van der Waals surface area contributed by atoms with Gasteiger partial charge in [0, 0.05) is 17.6 Å². The zero-order valence-electron chi connectivity index (χ0n) is 7.63. The molecule has 0 aromatic heterocycles. The molecule has 0 aliphatic carbocycles. The highest BCUT2D eigenvalue weighted by Crippen LogP contribution is 2.18. The summed E-state index contributed by atoms with van der Waals surface area (Å²) in [6.45, 7) is 0. The Kier molecular flexibility index (Phi) is 3.64. The van der Waals surface area contributed by atoms with Crippen molar-refractivity contribution in [1.29, 1.82) is 0 Å². The summed E-state index contributed by atoms with van der Waals surface area (Å²) >= 11 is 1.65. The molecule has 0 saturated heterocycles. The molecular weight excluding hydrogens is 184 g/mol. The van der Waals surface area contributed by atoms with Crippen molar-refractivity contribution in [1.82, 2.24) is 5.32 Å². The second-order valence-electron chi connectivity index (χ2n) is 2.44. The molecule has 0 unspecified atom stereocenters. The van der Waals surface area contributed by atoms with Crippen molar-refractivity contribution in [2.75, 3.05) is 18.6 Å². The van der Waals surface area contributed by atoms with E-state index in [1.165, 1.54) is 0 Å². The van der Waals surface area contributed by atoms with Crippen LogP contribution in [0.4, 0.5) is 10.5 Å². The minimum Gasteiger partial charge on any atom is -0.341 e. The quantitative estimate of drug-likeness (QED) is 0.712. The van der Waals surface area contributed by atoms with Crippen molar-refractivity contribution >= 4 is 23.5 Å². The molecule has 0 saturated carbocycles. The van der Waals surface area contributed by atoms with E-state index in [0.717, 1.165) is 10.6 Å². The SMILES string of the molecule is CNC(=O)Nc1cccc(SC)c1. The van der Waals surface area contributed by atoms with Gasteiger partial charge in [0.15, 0.2) is 0 Å². The van der Waals surface area contributed by atoms with Crippen LogP contribution in [-0.2, 0) is 0 Å². The number of benzene rings is 1. The van der Waals surface area contributed by atoms with Crippen LogP contribution < -0.4 is 10.6 Å². The van der Waals surface area contributed by atoms with Crippen LogP contribution in [0, 0.1) is 0 Å². The number of thioether (sulfide) groups is 1. The first-order valence-electron chi connectivity index (χ1n) is 3.89. The van der Waals surface area contributed by atoms with Gasteiger partial charge in [0.2, 0.25) is 0 Å². The van der Waals surface area contributed by atoms with Gasteiger partial charge in [0.25, 0.3) is 0 Å². The molecule has 0 radical (unpaired) electrons. The number of carbonyl (C=O) groups is 1. The summed E-state index contributed by atoms with van der Waals surface area (Å²) in [6.07, 6.45) is 2.00. The average Bonchev–Trinajstić information content (AvgIpc) is 2.18. The standard InChI is InChI=1S/C9H12N2OS/c1-10-9(12)11-7-4-3-5-8(6-7)13-2/h3-6H,1-2H3,(H2,10,11,12). The molecule has 1 aromatic rings. The summed E-state index contributed by atoms with van der Waals surface area (Å²) in [6, 6.07) is 7.50. The lowest BCUT2D eigenvalue weighted by Crippen LogP contribution is -2.24. The number of hydrogen-bond acceptors (Lipinski definition) is 2. The van der Waals surface area contributed by atoms with E-state index >= 15 is 0 Å². The molecule has 0 spiro atoms. The summed E-state index contributed by atoms with van der Waals surface area (Å²) in [5.41, 5.74) is 0.811. The zero-order valence-corrected chi connectivity index (χ0v) is 8.44. The smallest absolute Gasteiger partial charge is 0.318 e. The Labute approximate surface area is 81.9 Å². The van der Waals surface area contributed by atoms with E-state index in [1.54, 1.807) is 18.8 Å². The van der Waals surface area contributed by atoms with Gasteiger partial charge in [-0.25, -0.2) is 4.79 Å². The van der Waals surface area contributed by atoms with Gasteiger partial charge in [-0.05, 0) is 24.5 Å². The molecule has 4 heteroatoms. The highest BCUT2D eigenvalue weighted by Gasteiger charge is 1.98. The van der Waals surface area contributed by atoms with Gasteiger partial charge in [-0.15, -0.1) is 11.8 Å². The van der Waals surface area contributed by atoms with Crippen LogP contribution in [-0.4, -0.2) is 19.3 Å². The molecule has 3 nitrogen and oxygen atoms in total. The van der Waals surface area contributed by atoms with E-state index in [1.807, 2.05) is 30.5 Å². The maximum atomic E-state index is 11.0. The molecule has 13 heavy (non-hydrogen) atoms. The highest BCUT2D eigenvalue weighted by molar-refractivity contribution is 7.98. The second kappa shape index (κ2) is 4.77. The van der Waals surface area contributed by atoms with Crippen molar-refractivity contribution in [3.63, 3.8) is 0 Å². The minimum absolute atomic E-state index is 0.196. The molecule has 0 aliphatic rings. The van der Waals surface area contributed by atoms with Crippen LogP contribution in [0.15, 0.2) is 29.2 Å². The predicted octanol–water partition coefficient (Wildman–Crippen LogP) is 2.16. The lowest BCUT2D eigenvalue weighted by molar-refractivity contribution is 0.254. The summed E-state index contributed by atoms with van der Waals surface area (Å²) in [7, 11) is 1.59. The fourth-order valence-electron chi connectivity index (χ4n) is 0.894. The molecule has 2 N–H and O–H groups in total. The zero-order chi connectivity index (χ0) is 9.68. The van der Waals surface area contributed by atoms with Gasteiger partial charge in [0.05, 0.1) is 0 Å². The van der Waals surface area contributed by atoms with Crippen LogP contribution in [0.2, 0.25) is 0 Å². The number of carbonyl (C=O) groups excluding carboxylic acids is 1. The van der Waals surface area contributed by atoms with Crippen molar-refractivity contribution in [3.8, 4) is 0 Å². The second-order valence-corrected chi connectivity index (χ2v) is 3.32. The van der Waals surface area contributed by atoms with Crippen molar-refractivity contribution in [2.24, 2.45) is 0 Å². The summed E-state index contributed by atoms with van der Waals surface area (Å²) < 4.78 is 0. The van der Waals surface area contributed by atoms with E-state index in [0.29, 0.717) is 0 Å². The van der Waals surface area contributed by atoms with Gasteiger partial charge in [0.1, 0.15) is 0 Å². The van der Waals surface area contributed by atoms with Crippen LogP contribution in [0.3, 0.4) is 0 Å². The summed E-state index contributed by atoms with van der Waals surface area (Å²) in [5, 5.41) is 5.20. The van der Waals surface area contributed by atoms with Gasteiger partial charge in [-0.2, -0.15) is 0 Å². The third-order valence-electron chi connectivity index (χ3n) is 1.55. The first-order valence-corrected chi connectivity index (χ1v) is 5.11. The van der Waals surface area contributed by atoms with Crippen LogP contribution in [0.5, 0.6) is 0 Å². The molecule has 0 bridgehead atoms. The van der Waals surface area contributed by atoms with E-state index in [4.69, 9.17) is 0 Å². The van der Waals surface area contributed by atoms with E-state index < -0.39 is 0 Å². The molecule has 0 fully saturated rings. The van der Waals surface area contributed by atoms with Crippen molar-refractivity contribution in [3.05, 3.63) is 24.3 Å². The molecule has 1 aromatic carbocycles. The van der Waals surface area contributed by atoms with Crippen LogP contribution >= 0.6 is 11.8 Å². The third kappa shape index (κ3) is 2.99. The number of amides is 2. The van der Waals surface area contributed by atoms with Gasteiger partial charge < -0.3 is 10.6 Å². The molecular formula is C9H12N2OS. The van der Waals surface area contributed by atoms with Gasteiger partial charge >= 0.3 is 6.03 Å². The number of urea groups is 1. The summed E-state index contributed by atoms with van der Waals surface area (Å²) in [5.74, 6) is 0. The van der Waals surface area contributed by atoms with Crippen molar-refractivity contribution < 1.29 is 4.79 Å². The number of nitrogens with one attached hydrogen (secondary N) is 2. The fraction of sp³-hybridized carbons (Fsp3) is 0.222. The van der Waals surface area contributed by atoms with Gasteiger partial charge in [-0.3, -0.25) is 0 Å². The van der Waals surface area contributed by atoms with E-state index in [9.17, 15) is 4.79 Å². The Bertz CT molecular complexity index is 301. The number of hydrogen-bond donors (Lipinski definition) is 2. The minimum atomic E-state index is -0.196. The average molecular weight is 196 g/mol. The first-order chi connectivity index (χ1) is 6.26. The Hall–Kier alpha value is -1.16. The monoisotopic (exact) mass is 196 g/mol. The lowest BCUT2D eigenvalue weighted by atomic mass is 10.3.